The average molecular weight is 283 g/mol. The molecule has 0 aromatic carbocycles. The van der Waals surface area contributed by atoms with E-state index in [2.05, 4.69) is 10.2 Å². The first kappa shape index (κ1) is 13.7. The molecule has 1 saturated carbocycles. The maximum atomic E-state index is 5.36. The summed E-state index contributed by atoms with van der Waals surface area (Å²) in [5.41, 5.74) is 0.556. The Hall–Kier alpha value is -0.260. The molecule has 0 atom stereocenters. The third-order valence-corrected chi connectivity index (χ3v) is 5.85. The van der Waals surface area contributed by atoms with Crippen molar-refractivity contribution in [2.24, 2.45) is 10.4 Å². The smallest absolute Gasteiger partial charge is 0.156 e. The molecule has 1 saturated heterocycles. The second kappa shape index (κ2) is 6.46. The van der Waals surface area contributed by atoms with Gasteiger partial charge in [-0.2, -0.15) is 0 Å². The zero-order valence-electron chi connectivity index (χ0n) is 11.7. The van der Waals surface area contributed by atoms with Crippen molar-refractivity contribution in [3.05, 3.63) is 0 Å². The molecule has 2 aliphatic heterocycles. The van der Waals surface area contributed by atoms with Crippen LogP contribution in [0.2, 0.25) is 0 Å². The third kappa shape index (κ3) is 3.64. The van der Waals surface area contributed by atoms with E-state index >= 15 is 0 Å². The Kier molecular flexibility index (Phi) is 4.66. The van der Waals surface area contributed by atoms with Crippen molar-refractivity contribution >= 4 is 16.9 Å². The van der Waals surface area contributed by atoms with Crippen LogP contribution in [0.1, 0.15) is 25.7 Å². The monoisotopic (exact) mass is 283 g/mol. The number of aliphatic imine (C=N–C) groups is 1. The van der Waals surface area contributed by atoms with E-state index in [1.807, 2.05) is 11.8 Å². The zero-order chi connectivity index (χ0) is 13.0. The lowest BCUT2D eigenvalue weighted by Crippen LogP contribution is -2.42. The minimum Gasteiger partial charge on any atom is -0.379 e. The molecule has 0 bridgehead atoms. The first-order chi connectivity index (χ1) is 9.36. The SMILES string of the molecule is C1CCC2(C1)CN=C(NCCN1CCOCC1)SC2. The fourth-order valence-corrected chi connectivity index (χ4v) is 4.42. The minimum absolute atomic E-state index is 0.556. The first-order valence-electron chi connectivity index (χ1n) is 7.58. The number of nitrogens with zero attached hydrogens (tertiary/aromatic N) is 2. The number of thioether (sulfide) groups is 1. The van der Waals surface area contributed by atoms with Gasteiger partial charge in [0, 0.05) is 38.5 Å². The highest BCUT2D eigenvalue weighted by molar-refractivity contribution is 8.13. The molecule has 3 rings (SSSR count). The van der Waals surface area contributed by atoms with E-state index in [9.17, 15) is 0 Å². The summed E-state index contributed by atoms with van der Waals surface area (Å²) in [6, 6.07) is 0. The number of hydrogen-bond acceptors (Lipinski definition) is 5. The number of nitrogens with one attached hydrogen (secondary N) is 1. The number of amidine groups is 1. The van der Waals surface area contributed by atoms with Gasteiger partial charge in [-0.1, -0.05) is 24.6 Å². The van der Waals surface area contributed by atoms with E-state index in [-0.39, 0.29) is 0 Å². The van der Waals surface area contributed by atoms with Crippen LogP contribution in [0, 0.1) is 5.41 Å². The van der Waals surface area contributed by atoms with Crippen molar-refractivity contribution in [3.8, 4) is 0 Å². The molecule has 0 aromatic rings. The molecule has 1 N–H and O–H groups in total. The first-order valence-corrected chi connectivity index (χ1v) is 8.56. The van der Waals surface area contributed by atoms with Crippen molar-refractivity contribution in [3.63, 3.8) is 0 Å². The topological polar surface area (TPSA) is 36.9 Å². The number of ether oxygens (including phenoxy) is 1. The molecule has 2 fully saturated rings. The van der Waals surface area contributed by atoms with Crippen molar-refractivity contribution < 1.29 is 4.74 Å². The van der Waals surface area contributed by atoms with Crippen LogP contribution in [-0.4, -0.2) is 61.8 Å². The fraction of sp³-hybridized carbons (Fsp3) is 0.929. The summed E-state index contributed by atoms with van der Waals surface area (Å²) >= 11 is 1.94. The molecule has 0 aromatic heterocycles. The van der Waals surface area contributed by atoms with Crippen molar-refractivity contribution in [1.29, 1.82) is 0 Å². The molecular weight excluding hydrogens is 258 g/mol. The number of hydrogen-bond donors (Lipinski definition) is 1. The van der Waals surface area contributed by atoms with E-state index < -0.39 is 0 Å². The second-order valence-electron chi connectivity index (χ2n) is 6.00. The van der Waals surface area contributed by atoms with Crippen LogP contribution in [0.4, 0.5) is 0 Å². The van der Waals surface area contributed by atoms with Crippen molar-refractivity contribution in [1.82, 2.24) is 10.2 Å². The molecule has 0 amide bonds. The normalized spacial score (nSPS) is 27.5. The lowest BCUT2D eigenvalue weighted by atomic mass is 9.89. The molecule has 19 heavy (non-hydrogen) atoms. The van der Waals surface area contributed by atoms with E-state index in [0.717, 1.165) is 45.9 Å². The van der Waals surface area contributed by atoms with Crippen LogP contribution < -0.4 is 5.32 Å². The van der Waals surface area contributed by atoms with E-state index in [1.165, 1.54) is 36.6 Å². The summed E-state index contributed by atoms with van der Waals surface area (Å²) in [7, 11) is 0. The molecule has 0 unspecified atom stereocenters. The maximum absolute atomic E-state index is 5.36. The molecular formula is C14H25N3OS. The molecule has 4 nitrogen and oxygen atoms in total. The third-order valence-electron chi connectivity index (χ3n) is 4.55. The van der Waals surface area contributed by atoms with Gasteiger partial charge in [0.25, 0.3) is 0 Å². The van der Waals surface area contributed by atoms with Gasteiger partial charge >= 0.3 is 0 Å². The number of morpholine rings is 1. The predicted octanol–water partition coefficient (Wildman–Crippen LogP) is 1.57. The van der Waals surface area contributed by atoms with Crippen molar-refractivity contribution in [2.45, 2.75) is 25.7 Å². The zero-order valence-corrected chi connectivity index (χ0v) is 12.5. The predicted molar refractivity (Wildman–Crippen MR) is 80.9 cm³/mol. The summed E-state index contributed by atoms with van der Waals surface area (Å²) < 4.78 is 5.36. The number of rotatable bonds is 3. The van der Waals surface area contributed by atoms with Gasteiger partial charge in [-0.3, -0.25) is 9.89 Å². The lowest BCUT2D eigenvalue weighted by molar-refractivity contribution is 0.0389. The van der Waals surface area contributed by atoms with Gasteiger partial charge in [-0.15, -0.1) is 0 Å². The second-order valence-corrected chi connectivity index (χ2v) is 6.96. The van der Waals surface area contributed by atoms with Gasteiger partial charge < -0.3 is 10.1 Å². The van der Waals surface area contributed by atoms with Crippen LogP contribution in [0.15, 0.2) is 4.99 Å². The highest BCUT2D eigenvalue weighted by Crippen LogP contribution is 2.43. The van der Waals surface area contributed by atoms with Gasteiger partial charge in [0.05, 0.1) is 13.2 Å². The van der Waals surface area contributed by atoms with Crippen LogP contribution in [-0.2, 0) is 4.74 Å². The maximum Gasteiger partial charge on any atom is 0.156 e. The summed E-state index contributed by atoms with van der Waals surface area (Å²) in [6.07, 6.45) is 5.61. The molecule has 3 aliphatic rings. The summed E-state index contributed by atoms with van der Waals surface area (Å²) in [6.45, 7) is 7.10. The van der Waals surface area contributed by atoms with E-state index in [1.54, 1.807) is 0 Å². The summed E-state index contributed by atoms with van der Waals surface area (Å²) in [5.74, 6) is 1.27. The Balaban J connectivity index is 1.37. The Morgan fingerprint density at radius 1 is 1.26 bits per heavy atom. The summed E-state index contributed by atoms with van der Waals surface area (Å²) in [4.78, 5) is 7.23. The Labute approximate surface area is 120 Å². The van der Waals surface area contributed by atoms with Crippen LogP contribution >= 0.6 is 11.8 Å². The van der Waals surface area contributed by atoms with Gasteiger partial charge in [0.2, 0.25) is 0 Å². The Bertz CT molecular complexity index is 323. The van der Waals surface area contributed by atoms with Gasteiger partial charge in [0.15, 0.2) is 5.17 Å². The quantitative estimate of drug-likeness (QED) is 0.853. The highest BCUT2D eigenvalue weighted by atomic mass is 32.2. The van der Waals surface area contributed by atoms with Crippen molar-refractivity contribution in [2.75, 3.05) is 51.7 Å². The standard InChI is InChI=1S/C14H25N3OS/c1-2-4-14(3-1)11-16-13(19-12-14)15-5-6-17-7-9-18-10-8-17/h1-12H2,(H,15,16). The Morgan fingerprint density at radius 3 is 2.74 bits per heavy atom. The van der Waals surface area contributed by atoms with Crippen LogP contribution in [0.25, 0.3) is 0 Å². The molecule has 0 radical (unpaired) electrons. The van der Waals surface area contributed by atoms with Gasteiger partial charge in [0.1, 0.15) is 0 Å². The van der Waals surface area contributed by atoms with E-state index in [4.69, 9.17) is 9.73 Å². The Morgan fingerprint density at radius 2 is 2.05 bits per heavy atom. The molecule has 1 aliphatic carbocycles. The van der Waals surface area contributed by atoms with E-state index in [0.29, 0.717) is 5.41 Å². The molecule has 108 valence electrons. The molecule has 5 heteroatoms. The molecule has 2 heterocycles. The fourth-order valence-electron chi connectivity index (χ4n) is 3.23. The van der Waals surface area contributed by atoms with Gasteiger partial charge in [-0.05, 0) is 18.3 Å². The average Bonchev–Trinajstić information content (AvgIpc) is 2.91. The van der Waals surface area contributed by atoms with Crippen LogP contribution in [0.3, 0.4) is 0 Å². The highest BCUT2D eigenvalue weighted by Gasteiger charge is 2.36. The lowest BCUT2D eigenvalue weighted by Gasteiger charge is -2.31. The summed E-state index contributed by atoms with van der Waals surface area (Å²) in [5, 5.41) is 4.68. The molecule has 1 spiro atoms. The van der Waals surface area contributed by atoms with Crippen LogP contribution in [0.5, 0.6) is 0 Å². The largest absolute Gasteiger partial charge is 0.379 e. The van der Waals surface area contributed by atoms with Gasteiger partial charge in [-0.25, -0.2) is 0 Å². The minimum atomic E-state index is 0.556.